The summed E-state index contributed by atoms with van der Waals surface area (Å²) in [5.74, 6) is 0.219. The third-order valence-electron chi connectivity index (χ3n) is 4.46. The maximum absolute atomic E-state index is 13.0. The van der Waals surface area contributed by atoms with E-state index in [4.69, 9.17) is 0 Å². The summed E-state index contributed by atoms with van der Waals surface area (Å²) in [6.07, 6.45) is 4.56. The topological polar surface area (TPSA) is 74.3 Å². The third kappa shape index (κ3) is 2.90. The lowest BCUT2D eigenvalue weighted by atomic mass is 10.0. The van der Waals surface area contributed by atoms with Crippen molar-refractivity contribution in [2.24, 2.45) is 0 Å². The second-order valence-electron chi connectivity index (χ2n) is 6.11. The largest absolute Gasteiger partial charge is 0.435 e. The van der Waals surface area contributed by atoms with Gasteiger partial charge in [0.2, 0.25) is 0 Å². The molecular formula is C19H15F2N5O2. The summed E-state index contributed by atoms with van der Waals surface area (Å²) < 4.78 is 32.4. The zero-order valence-electron chi connectivity index (χ0n) is 15.0. The molecule has 0 aliphatic rings. The van der Waals surface area contributed by atoms with Crippen molar-refractivity contribution < 1.29 is 13.5 Å². The van der Waals surface area contributed by atoms with Crippen LogP contribution in [0.15, 0.2) is 53.8 Å². The van der Waals surface area contributed by atoms with Gasteiger partial charge in [0, 0.05) is 23.7 Å². The Morgan fingerprint density at radius 3 is 2.57 bits per heavy atom. The average molecular weight is 383 g/mol. The molecule has 3 aromatic heterocycles. The Kier molecular flexibility index (Phi) is 4.34. The van der Waals surface area contributed by atoms with E-state index >= 15 is 0 Å². The number of hydrogen-bond acceptors (Lipinski definition) is 5. The van der Waals surface area contributed by atoms with Crippen molar-refractivity contribution >= 4 is 5.52 Å². The maximum Gasteiger partial charge on any atom is 0.387 e. The smallest absolute Gasteiger partial charge is 0.387 e. The van der Waals surface area contributed by atoms with E-state index in [1.54, 1.807) is 29.5 Å². The first-order chi connectivity index (χ1) is 13.5. The van der Waals surface area contributed by atoms with Crippen molar-refractivity contribution in [3.63, 3.8) is 0 Å². The van der Waals surface area contributed by atoms with Gasteiger partial charge >= 0.3 is 6.61 Å². The van der Waals surface area contributed by atoms with Crippen molar-refractivity contribution in [1.29, 1.82) is 0 Å². The van der Waals surface area contributed by atoms with Gasteiger partial charge in [0.1, 0.15) is 17.6 Å². The quantitative estimate of drug-likeness (QED) is 0.541. The summed E-state index contributed by atoms with van der Waals surface area (Å²) >= 11 is 0. The van der Waals surface area contributed by atoms with Gasteiger partial charge in [-0.3, -0.25) is 9.20 Å². The van der Waals surface area contributed by atoms with Gasteiger partial charge in [-0.25, -0.2) is 9.97 Å². The van der Waals surface area contributed by atoms with Crippen molar-refractivity contribution in [1.82, 2.24) is 24.1 Å². The molecule has 0 unspecified atom stereocenters. The Morgan fingerprint density at radius 1 is 1.11 bits per heavy atom. The molecule has 4 rings (SSSR count). The van der Waals surface area contributed by atoms with Gasteiger partial charge in [-0.1, -0.05) is 12.1 Å². The Morgan fingerprint density at radius 2 is 1.86 bits per heavy atom. The monoisotopic (exact) mass is 383 g/mol. The van der Waals surface area contributed by atoms with Crippen molar-refractivity contribution in [3.8, 4) is 22.8 Å². The number of halogens is 2. The van der Waals surface area contributed by atoms with Crippen LogP contribution >= 0.6 is 0 Å². The molecule has 0 saturated carbocycles. The minimum Gasteiger partial charge on any atom is -0.435 e. The number of aromatic nitrogens is 5. The molecule has 0 aliphatic carbocycles. The molecule has 3 heterocycles. The SMILES string of the molecule is Cc1c(-c2cccc(OC(F)F)c2)c(C)n2cnn(-c3ncccn3)c(=O)c12. The molecule has 0 atom stereocenters. The van der Waals surface area contributed by atoms with E-state index in [1.165, 1.54) is 30.9 Å². The van der Waals surface area contributed by atoms with Gasteiger partial charge < -0.3 is 4.74 Å². The first-order valence-corrected chi connectivity index (χ1v) is 8.39. The summed E-state index contributed by atoms with van der Waals surface area (Å²) in [7, 11) is 0. The first-order valence-electron chi connectivity index (χ1n) is 8.39. The molecule has 1 aromatic carbocycles. The van der Waals surface area contributed by atoms with E-state index in [1.807, 2.05) is 6.92 Å². The summed E-state index contributed by atoms with van der Waals surface area (Å²) in [5.41, 5.74) is 2.91. The standard InChI is InChI=1S/C19H15F2N5O2/c1-11-15(13-5-3-6-14(9-13)28-18(20)21)12(2)25-10-24-26(17(27)16(11)25)19-22-7-4-8-23-19/h3-10,18H,1-2H3. The van der Waals surface area contributed by atoms with Crippen LogP contribution in [0, 0.1) is 13.8 Å². The van der Waals surface area contributed by atoms with Gasteiger partial charge in [-0.05, 0) is 43.2 Å². The van der Waals surface area contributed by atoms with E-state index < -0.39 is 6.61 Å². The lowest BCUT2D eigenvalue weighted by Crippen LogP contribution is -2.25. The number of ether oxygens (including phenoxy) is 1. The van der Waals surface area contributed by atoms with Gasteiger partial charge in [0.25, 0.3) is 11.5 Å². The Bertz CT molecular complexity index is 1220. The zero-order valence-corrected chi connectivity index (χ0v) is 15.0. The number of hydrogen-bond donors (Lipinski definition) is 0. The van der Waals surface area contributed by atoms with Crippen molar-refractivity contribution in [2.45, 2.75) is 20.5 Å². The Hall–Kier alpha value is -3.62. The van der Waals surface area contributed by atoms with Gasteiger partial charge in [0.05, 0.1) is 0 Å². The molecule has 4 aromatic rings. The van der Waals surface area contributed by atoms with E-state index in [0.29, 0.717) is 16.6 Å². The van der Waals surface area contributed by atoms with E-state index in [-0.39, 0.29) is 17.3 Å². The van der Waals surface area contributed by atoms with Crippen LogP contribution in [0.5, 0.6) is 5.75 Å². The molecular weight excluding hydrogens is 368 g/mol. The van der Waals surface area contributed by atoms with Gasteiger partial charge in [-0.2, -0.15) is 18.6 Å². The van der Waals surface area contributed by atoms with Gasteiger partial charge in [-0.15, -0.1) is 0 Å². The van der Waals surface area contributed by atoms with Crippen LogP contribution in [0.1, 0.15) is 11.3 Å². The van der Waals surface area contributed by atoms with E-state index in [0.717, 1.165) is 15.9 Å². The van der Waals surface area contributed by atoms with Crippen LogP contribution in [0.4, 0.5) is 8.78 Å². The lowest BCUT2D eigenvalue weighted by molar-refractivity contribution is -0.0498. The Balaban J connectivity index is 1.92. The molecule has 28 heavy (non-hydrogen) atoms. The molecule has 0 fully saturated rings. The number of benzene rings is 1. The summed E-state index contributed by atoms with van der Waals surface area (Å²) in [4.78, 5) is 21.2. The minimum atomic E-state index is -2.91. The van der Waals surface area contributed by atoms with Gasteiger partial charge in [0.15, 0.2) is 0 Å². The van der Waals surface area contributed by atoms with E-state index in [2.05, 4.69) is 19.8 Å². The van der Waals surface area contributed by atoms with Crippen LogP contribution in [0.3, 0.4) is 0 Å². The molecule has 0 saturated heterocycles. The fraction of sp³-hybridized carbons (Fsp3) is 0.158. The molecule has 0 amide bonds. The zero-order chi connectivity index (χ0) is 19.8. The predicted molar refractivity (Wildman–Crippen MR) is 97.9 cm³/mol. The number of aryl methyl sites for hydroxylation is 2. The molecule has 0 spiro atoms. The lowest BCUT2D eigenvalue weighted by Gasteiger charge is -2.07. The van der Waals surface area contributed by atoms with Crippen LogP contribution in [0.2, 0.25) is 0 Å². The maximum atomic E-state index is 13.0. The minimum absolute atomic E-state index is 0.0507. The molecule has 0 radical (unpaired) electrons. The Labute approximate surface area is 157 Å². The number of alkyl halides is 2. The predicted octanol–water partition coefficient (Wildman–Crippen LogP) is 3.16. The first kappa shape index (κ1) is 17.8. The second kappa shape index (κ2) is 6.84. The highest BCUT2D eigenvalue weighted by molar-refractivity contribution is 5.79. The van der Waals surface area contributed by atoms with E-state index in [9.17, 15) is 13.6 Å². The number of nitrogens with zero attached hydrogens (tertiary/aromatic N) is 5. The molecule has 142 valence electrons. The number of fused-ring (bicyclic) bond motifs is 1. The second-order valence-corrected chi connectivity index (χ2v) is 6.11. The highest BCUT2D eigenvalue weighted by Gasteiger charge is 2.19. The number of rotatable bonds is 4. The molecule has 9 heteroatoms. The van der Waals surface area contributed by atoms with Crippen LogP contribution < -0.4 is 10.3 Å². The highest BCUT2D eigenvalue weighted by atomic mass is 19.3. The molecule has 0 aliphatic heterocycles. The van der Waals surface area contributed by atoms with Crippen LogP contribution in [-0.4, -0.2) is 30.8 Å². The van der Waals surface area contributed by atoms with Crippen molar-refractivity contribution in [2.75, 3.05) is 0 Å². The molecule has 0 N–H and O–H groups in total. The third-order valence-corrected chi connectivity index (χ3v) is 4.46. The fourth-order valence-electron chi connectivity index (χ4n) is 3.32. The molecule has 0 bridgehead atoms. The normalized spacial score (nSPS) is 11.3. The summed E-state index contributed by atoms with van der Waals surface area (Å²) in [6, 6.07) is 8.03. The van der Waals surface area contributed by atoms with Crippen molar-refractivity contribution in [3.05, 3.63) is 70.7 Å². The summed E-state index contributed by atoms with van der Waals surface area (Å²) in [5, 5.41) is 4.16. The highest BCUT2D eigenvalue weighted by Crippen LogP contribution is 2.33. The van der Waals surface area contributed by atoms with Crippen LogP contribution in [-0.2, 0) is 0 Å². The summed E-state index contributed by atoms with van der Waals surface area (Å²) in [6.45, 7) is 0.726. The molecule has 7 nitrogen and oxygen atoms in total. The average Bonchev–Trinajstić information content (AvgIpc) is 2.93. The fourth-order valence-corrected chi connectivity index (χ4v) is 3.32. The van der Waals surface area contributed by atoms with Crippen LogP contribution in [0.25, 0.3) is 22.6 Å².